The monoisotopic (exact) mass is 344 g/mol. The second-order valence-corrected chi connectivity index (χ2v) is 6.34. The van der Waals surface area contributed by atoms with Gasteiger partial charge in [-0.15, -0.1) is 0 Å². The van der Waals surface area contributed by atoms with Crippen molar-refractivity contribution in [3.63, 3.8) is 0 Å². The predicted octanol–water partition coefficient (Wildman–Crippen LogP) is 4.51. The summed E-state index contributed by atoms with van der Waals surface area (Å²) in [5, 5.41) is 2.26. The van der Waals surface area contributed by atoms with E-state index in [1.54, 1.807) is 0 Å². The van der Waals surface area contributed by atoms with Crippen LogP contribution >= 0.6 is 0 Å². The number of nitrogens with two attached hydrogens (primary N) is 1. The Morgan fingerprint density at radius 2 is 1.62 bits per heavy atom. The van der Waals surface area contributed by atoms with Gasteiger partial charge in [-0.25, -0.2) is 0 Å². The summed E-state index contributed by atoms with van der Waals surface area (Å²) < 4.78 is 7.56. The first kappa shape index (κ1) is 16.2. The fourth-order valence-electron chi connectivity index (χ4n) is 3.33. The Balaban J connectivity index is 1.54. The van der Waals surface area contributed by atoms with Crippen molar-refractivity contribution in [1.82, 2.24) is 4.57 Å². The van der Waals surface area contributed by atoms with Gasteiger partial charge >= 0.3 is 5.97 Å². The lowest BCUT2D eigenvalue weighted by Crippen LogP contribution is -2.09. The van der Waals surface area contributed by atoms with Crippen LogP contribution in [0.4, 0.5) is 5.69 Å². The molecule has 4 rings (SSSR count). The van der Waals surface area contributed by atoms with Crippen molar-refractivity contribution in [2.24, 2.45) is 0 Å². The molecule has 0 aliphatic heterocycles. The van der Waals surface area contributed by atoms with E-state index >= 15 is 0 Å². The third-order valence-electron chi connectivity index (χ3n) is 4.58. The van der Waals surface area contributed by atoms with Crippen molar-refractivity contribution in [3.8, 4) is 0 Å². The summed E-state index contributed by atoms with van der Waals surface area (Å²) in [6.07, 6.45) is 0.324. The van der Waals surface area contributed by atoms with Gasteiger partial charge in [0.1, 0.15) is 6.61 Å². The van der Waals surface area contributed by atoms with E-state index in [9.17, 15) is 4.79 Å². The molecule has 2 N–H and O–H groups in total. The summed E-state index contributed by atoms with van der Waals surface area (Å²) in [4.78, 5) is 12.2. The fraction of sp³-hybridized carbons (Fsp3) is 0.136. The highest BCUT2D eigenvalue weighted by Crippen LogP contribution is 2.30. The molecule has 0 fully saturated rings. The normalized spacial score (nSPS) is 11.1. The molecule has 26 heavy (non-hydrogen) atoms. The number of hydrogen-bond acceptors (Lipinski definition) is 3. The minimum absolute atomic E-state index is 0.199. The van der Waals surface area contributed by atoms with E-state index in [0.717, 1.165) is 33.1 Å². The maximum Gasteiger partial charge on any atom is 0.307 e. The molecule has 0 aliphatic rings. The van der Waals surface area contributed by atoms with Crippen LogP contribution in [0, 0.1) is 0 Å². The van der Waals surface area contributed by atoms with E-state index in [-0.39, 0.29) is 5.97 Å². The summed E-state index contributed by atoms with van der Waals surface area (Å²) >= 11 is 0. The standard InChI is InChI=1S/C22H20N2O2/c23-17-10-11-21-19(14-17)18-8-4-5-9-20(18)24(21)13-12-22(25)26-15-16-6-2-1-3-7-16/h1-11,14H,12-13,15,23H2. The summed E-state index contributed by atoms with van der Waals surface area (Å²) in [6, 6.07) is 23.8. The fourth-order valence-corrected chi connectivity index (χ4v) is 3.33. The third kappa shape index (κ3) is 3.14. The number of ether oxygens (including phenoxy) is 1. The number of esters is 1. The van der Waals surface area contributed by atoms with Crippen molar-refractivity contribution in [1.29, 1.82) is 0 Å². The topological polar surface area (TPSA) is 57.2 Å². The number of hydrogen-bond donors (Lipinski definition) is 1. The van der Waals surface area contributed by atoms with E-state index in [1.807, 2.05) is 60.7 Å². The zero-order chi connectivity index (χ0) is 17.9. The van der Waals surface area contributed by atoms with Gasteiger partial charge < -0.3 is 15.0 Å². The minimum Gasteiger partial charge on any atom is -0.461 e. The molecule has 0 radical (unpaired) electrons. The van der Waals surface area contributed by atoms with Crippen LogP contribution in [0.25, 0.3) is 21.8 Å². The number of nitrogen functional groups attached to an aromatic ring is 1. The van der Waals surface area contributed by atoms with Gasteiger partial charge in [-0.3, -0.25) is 4.79 Å². The number of benzene rings is 3. The van der Waals surface area contributed by atoms with Crippen LogP contribution < -0.4 is 5.73 Å². The van der Waals surface area contributed by atoms with Crippen LogP contribution in [-0.2, 0) is 22.7 Å². The maximum atomic E-state index is 12.2. The molecule has 3 aromatic carbocycles. The summed E-state index contributed by atoms with van der Waals surface area (Å²) in [5.41, 5.74) is 9.87. The number of aromatic nitrogens is 1. The largest absolute Gasteiger partial charge is 0.461 e. The Hall–Kier alpha value is -3.27. The van der Waals surface area contributed by atoms with Crippen LogP contribution in [0.3, 0.4) is 0 Å². The predicted molar refractivity (Wildman–Crippen MR) is 105 cm³/mol. The number of nitrogens with zero attached hydrogens (tertiary/aromatic N) is 1. The Bertz CT molecular complexity index is 1070. The van der Waals surface area contributed by atoms with Crippen LogP contribution in [-0.4, -0.2) is 10.5 Å². The molecule has 0 atom stereocenters. The Morgan fingerprint density at radius 1 is 0.885 bits per heavy atom. The quantitative estimate of drug-likeness (QED) is 0.428. The first-order valence-corrected chi connectivity index (χ1v) is 8.68. The second-order valence-electron chi connectivity index (χ2n) is 6.34. The number of fused-ring (bicyclic) bond motifs is 3. The van der Waals surface area contributed by atoms with E-state index in [0.29, 0.717) is 19.6 Å². The molecule has 0 unspecified atom stereocenters. The van der Waals surface area contributed by atoms with Crippen molar-refractivity contribution >= 4 is 33.5 Å². The van der Waals surface area contributed by atoms with E-state index in [4.69, 9.17) is 10.5 Å². The van der Waals surface area contributed by atoms with E-state index < -0.39 is 0 Å². The molecule has 0 aliphatic carbocycles. The maximum absolute atomic E-state index is 12.2. The first-order valence-electron chi connectivity index (χ1n) is 8.68. The van der Waals surface area contributed by atoms with Gasteiger partial charge in [0.15, 0.2) is 0 Å². The molecule has 0 bridgehead atoms. The van der Waals surface area contributed by atoms with E-state index in [2.05, 4.69) is 16.7 Å². The molecule has 0 amide bonds. The molecule has 0 saturated heterocycles. The second kappa shape index (κ2) is 6.92. The first-order chi connectivity index (χ1) is 12.7. The number of para-hydroxylation sites is 1. The number of aryl methyl sites for hydroxylation is 1. The molecule has 4 nitrogen and oxygen atoms in total. The van der Waals surface area contributed by atoms with Gasteiger partial charge in [-0.1, -0.05) is 48.5 Å². The van der Waals surface area contributed by atoms with Crippen molar-refractivity contribution in [2.45, 2.75) is 19.6 Å². The molecule has 0 spiro atoms. The van der Waals surface area contributed by atoms with Crippen LogP contribution in [0.2, 0.25) is 0 Å². The number of carbonyl (C=O) groups is 1. The van der Waals surface area contributed by atoms with Gasteiger partial charge in [-0.05, 0) is 29.8 Å². The highest BCUT2D eigenvalue weighted by atomic mass is 16.5. The lowest BCUT2D eigenvalue weighted by Gasteiger charge is -2.08. The van der Waals surface area contributed by atoms with Gasteiger partial charge in [0, 0.05) is 34.0 Å². The number of carbonyl (C=O) groups excluding carboxylic acids is 1. The highest BCUT2D eigenvalue weighted by Gasteiger charge is 2.12. The van der Waals surface area contributed by atoms with Crippen molar-refractivity contribution < 1.29 is 9.53 Å². The van der Waals surface area contributed by atoms with Gasteiger partial charge in [0.05, 0.1) is 6.42 Å². The average molecular weight is 344 g/mol. The number of rotatable bonds is 5. The lowest BCUT2D eigenvalue weighted by molar-refractivity contribution is -0.145. The molecular weight excluding hydrogens is 324 g/mol. The molecular formula is C22H20N2O2. The minimum atomic E-state index is -0.199. The molecule has 1 aromatic heterocycles. The lowest BCUT2D eigenvalue weighted by atomic mass is 10.1. The Kier molecular flexibility index (Phi) is 4.32. The van der Waals surface area contributed by atoms with E-state index in [1.165, 1.54) is 0 Å². The molecule has 130 valence electrons. The van der Waals surface area contributed by atoms with Gasteiger partial charge in [-0.2, -0.15) is 0 Å². The highest BCUT2D eigenvalue weighted by molar-refractivity contribution is 6.09. The molecule has 4 aromatic rings. The van der Waals surface area contributed by atoms with Crippen LogP contribution in [0.1, 0.15) is 12.0 Å². The zero-order valence-corrected chi connectivity index (χ0v) is 14.4. The SMILES string of the molecule is Nc1ccc2c(c1)c1ccccc1n2CCC(=O)OCc1ccccc1. The zero-order valence-electron chi connectivity index (χ0n) is 14.4. The van der Waals surface area contributed by atoms with Gasteiger partial charge in [0.2, 0.25) is 0 Å². The van der Waals surface area contributed by atoms with Gasteiger partial charge in [0.25, 0.3) is 0 Å². The summed E-state index contributed by atoms with van der Waals surface area (Å²) in [5.74, 6) is -0.199. The van der Waals surface area contributed by atoms with Crippen LogP contribution in [0.5, 0.6) is 0 Å². The molecule has 1 heterocycles. The Morgan fingerprint density at radius 3 is 2.46 bits per heavy atom. The van der Waals surface area contributed by atoms with Crippen molar-refractivity contribution in [3.05, 3.63) is 78.4 Å². The Labute approximate surface area is 151 Å². The van der Waals surface area contributed by atoms with Crippen molar-refractivity contribution in [2.75, 3.05) is 5.73 Å². The van der Waals surface area contributed by atoms with Crippen LogP contribution in [0.15, 0.2) is 72.8 Å². The molecule has 0 saturated carbocycles. The summed E-state index contributed by atoms with van der Waals surface area (Å²) in [6.45, 7) is 0.880. The smallest absolute Gasteiger partial charge is 0.307 e. The third-order valence-corrected chi connectivity index (χ3v) is 4.58. The number of anilines is 1. The average Bonchev–Trinajstić information content (AvgIpc) is 2.98. The molecule has 4 heteroatoms. The summed E-state index contributed by atoms with van der Waals surface area (Å²) in [7, 11) is 0.